The van der Waals surface area contributed by atoms with Gasteiger partial charge in [-0.3, -0.25) is 0 Å². The van der Waals surface area contributed by atoms with Crippen LogP contribution in [0.15, 0.2) is 18.2 Å². The molecule has 18 heavy (non-hydrogen) atoms. The van der Waals surface area contributed by atoms with Crippen molar-refractivity contribution in [1.82, 2.24) is 0 Å². The van der Waals surface area contributed by atoms with E-state index < -0.39 is 0 Å². The standard InChI is InChI=1S/C15H19.2ClH.Zr/c1-5-6-13-7-10(2)8-14-9-11(3)12(4)15(13)14;;;/h7-9H,5-6H2,1-4H3;2*1H;/q-1;;;+3/p-2. The van der Waals surface area contributed by atoms with E-state index in [1.165, 1.54) is 45.9 Å². The van der Waals surface area contributed by atoms with Gasteiger partial charge in [0.15, 0.2) is 0 Å². The molecule has 2 aromatic rings. The molecule has 0 heterocycles. The maximum absolute atomic E-state index is 2.35. The normalized spacial score (nSPS) is 9.33. The minimum absolute atomic E-state index is 0. The van der Waals surface area contributed by atoms with E-state index in [9.17, 15) is 0 Å². The van der Waals surface area contributed by atoms with E-state index in [-0.39, 0.29) is 51.0 Å². The van der Waals surface area contributed by atoms with Gasteiger partial charge in [0.25, 0.3) is 0 Å². The van der Waals surface area contributed by atoms with Gasteiger partial charge in [-0.2, -0.15) is 5.56 Å². The summed E-state index contributed by atoms with van der Waals surface area (Å²) in [6.07, 6.45) is 2.42. The van der Waals surface area contributed by atoms with Crippen molar-refractivity contribution in [3.8, 4) is 0 Å². The average Bonchev–Trinajstić information content (AvgIpc) is 2.42. The Morgan fingerprint density at radius 3 is 2.22 bits per heavy atom. The Balaban J connectivity index is 0. The van der Waals surface area contributed by atoms with Gasteiger partial charge in [-0.15, -0.1) is 28.5 Å². The van der Waals surface area contributed by atoms with Crippen LogP contribution in [0.5, 0.6) is 0 Å². The molecule has 0 aliphatic carbocycles. The van der Waals surface area contributed by atoms with Crippen molar-refractivity contribution in [2.75, 3.05) is 0 Å². The third kappa shape index (κ3) is 3.89. The van der Waals surface area contributed by atoms with E-state index in [1.807, 2.05) is 0 Å². The summed E-state index contributed by atoms with van der Waals surface area (Å²) in [5.41, 5.74) is 5.80. The van der Waals surface area contributed by atoms with Crippen LogP contribution < -0.4 is 24.8 Å². The zero-order valence-electron chi connectivity index (χ0n) is 11.4. The van der Waals surface area contributed by atoms with E-state index in [0.29, 0.717) is 0 Å². The molecule has 0 spiro atoms. The Hall–Kier alpha value is 0.293. The fourth-order valence-electron chi connectivity index (χ4n) is 2.47. The van der Waals surface area contributed by atoms with E-state index in [0.717, 1.165) is 0 Å². The molecule has 1 radical (unpaired) electrons. The third-order valence-corrected chi connectivity index (χ3v) is 3.25. The number of fused-ring (bicyclic) bond motifs is 1. The SMILES string of the molecule is CCCc1cc(C)cc2[cH-]c(C)c(C)c12.[Cl-].[Cl-].[Zr+3]. The van der Waals surface area contributed by atoms with Gasteiger partial charge in [-0.1, -0.05) is 44.4 Å². The molecule has 0 aromatic heterocycles. The summed E-state index contributed by atoms with van der Waals surface area (Å²) in [6, 6.07) is 6.96. The predicted molar refractivity (Wildman–Crippen MR) is 67.7 cm³/mol. The van der Waals surface area contributed by atoms with Crippen molar-refractivity contribution in [3.05, 3.63) is 40.5 Å². The monoisotopic (exact) mass is 359 g/mol. The molecule has 0 amide bonds. The van der Waals surface area contributed by atoms with Crippen LogP contribution in [0.25, 0.3) is 10.8 Å². The van der Waals surface area contributed by atoms with E-state index in [1.54, 1.807) is 0 Å². The van der Waals surface area contributed by atoms with Crippen molar-refractivity contribution >= 4 is 10.8 Å². The number of hydrogen-bond donors (Lipinski definition) is 0. The molecule has 0 fully saturated rings. The molecule has 0 saturated carbocycles. The van der Waals surface area contributed by atoms with Gasteiger partial charge in [0, 0.05) is 0 Å². The molecule has 0 aliphatic rings. The summed E-state index contributed by atoms with van der Waals surface area (Å²) in [7, 11) is 0. The van der Waals surface area contributed by atoms with Gasteiger partial charge in [0.2, 0.25) is 0 Å². The molecule has 0 bridgehead atoms. The Kier molecular flexibility index (Phi) is 9.69. The largest absolute Gasteiger partial charge is 3.00 e. The summed E-state index contributed by atoms with van der Waals surface area (Å²) in [5.74, 6) is 0. The van der Waals surface area contributed by atoms with Crippen LogP contribution in [0, 0.1) is 20.8 Å². The molecular weight excluding hydrogens is 342 g/mol. The average molecular weight is 361 g/mol. The number of halogens is 2. The Labute approximate surface area is 142 Å². The first kappa shape index (κ1) is 20.6. The fraction of sp³-hybridized carbons (Fsp3) is 0.400. The second kappa shape index (κ2) is 8.46. The second-order valence-electron chi connectivity index (χ2n) is 4.59. The maximum Gasteiger partial charge on any atom is 3.00 e. The quantitative estimate of drug-likeness (QED) is 0.568. The molecule has 2 rings (SSSR count). The van der Waals surface area contributed by atoms with E-state index >= 15 is 0 Å². The van der Waals surface area contributed by atoms with Crippen LogP contribution in [0.2, 0.25) is 0 Å². The molecule has 97 valence electrons. The fourth-order valence-corrected chi connectivity index (χ4v) is 2.47. The van der Waals surface area contributed by atoms with Crippen molar-refractivity contribution in [2.24, 2.45) is 0 Å². The van der Waals surface area contributed by atoms with Gasteiger partial charge >= 0.3 is 26.2 Å². The van der Waals surface area contributed by atoms with Crippen LogP contribution in [0.4, 0.5) is 0 Å². The van der Waals surface area contributed by atoms with Crippen molar-refractivity contribution in [1.29, 1.82) is 0 Å². The molecule has 0 nitrogen and oxygen atoms in total. The smallest absolute Gasteiger partial charge is 1.00 e. The minimum atomic E-state index is 0. The maximum atomic E-state index is 2.35. The van der Waals surface area contributed by atoms with Crippen LogP contribution in [-0.4, -0.2) is 0 Å². The van der Waals surface area contributed by atoms with E-state index in [2.05, 4.69) is 45.9 Å². The Bertz CT molecular complexity index is 501. The van der Waals surface area contributed by atoms with Crippen LogP contribution in [0.3, 0.4) is 0 Å². The molecule has 3 heteroatoms. The minimum Gasteiger partial charge on any atom is -1.00 e. The number of rotatable bonds is 2. The summed E-state index contributed by atoms with van der Waals surface area (Å²) in [5, 5.41) is 2.92. The second-order valence-corrected chi connectivity index (χ2v) is 4.59. The molecule has 0 saturated heterocycles. The summed E-state index contributed by atoms with van der Waals surface area (Å²) in [4.78, 5) is 0. The first-order valence-corrected chi connectivity index (χ1v) is 5.79. The molecule has 0 aliphatic heterocycles. The van der Waals surface area contributed by atoms with Gasteiger partial charge in [-0.05, 0) is 13.3 Å². The zero-order chi connectivity index (χ0) is 11.0. The van der Waals surface area contributed by atoms with Gasteiger partial charge in [0.1, 0.15) is 0 Å². The van der Waals surface area contributed by atoms with Gasteiger partial charge in [0.05, 0.1) is 0 Å². The topological polar surface area (TPSA) is 0 Å². The van der Waals surface area contributed by atoms with Crippen molar-refractivity contribution < 1.29 is 51.0 Å². The van der Waals surface area contributed by atoms with Crippen LogP contribution >= 0.6 is 0 Å². The van der Waals surface area contributed by atoms with E-state index in [4.69, 9.17) is 0 Å². The Morgan fingerprint density at radius 2 is 1.67 bits per heavy atom. The molecular formula is C15H19Cl2Zr. The van der Waals surface area contributed by atoms with Gasteiger partial charge in [-0.25, -0.2) is 0 Å². The first-order chi connectivity index (χ1) is 7.13. The Morgan fingerprint density at radius 1 is 1.06 bits per heavy atom. The predicted octanol–water partition coefficient (Wildman–Crippen LogP) is -1.56. The molecule has 0 atom stereocenters. The molecule has 0 N–H and O–H groups in total. The molecule has 0 unspecified atom stereocenters. The summed E-state index contributed by atoms with van der Waals surface area (Å²) < 4.78 is 0. The third-order valence-electron chi connectivity index (χ3n) is 3.25. The zero-order valence-corrected chi connectivity index (χ0v) is 15.4. The number of hydrogen-bond acceptors (Lipinski definition) is 0. The first-order valence-electron chi connectivity index (χ1n) is 5.79. The number of benzene rings is 1. The van der Waals surface area contributed by atoms with Gasteiger partial charge < -0.3 is 24.8 Å². The molecule has 2 aromatic carbocycles. The van der Waals surface area contributed by atoms with Crippen molar-refractivity contribution in [2.45, 2.75) is 40.5 Å². The van der Waals surface area contributed by atoms with Crippen LogP contribution in [-0.2, 0) is 32.6 Å². The van der Waals surface area contributed by atoms with Crippen LogP contribution in [0.1, 0.15) is 35.6 Å². The number of aryl methyl sites for hydroxylation is 4. The van der Waals surface area contributed by atoms with Crippen molar-refractivity contribution in [3.63, 3.8) is 0 Å². The summed E-state index contributed by atoms with van der Waals surface area (Å²) in [6.45, 7) is 8.89. The summed E-state index contributed by atoms with van der Waals surface area (Å²) >= 11 is 0.